The zero-order valence-electron chi connectivity index (χ0n) is 8.69. The van der Waals surface area contributed by atoms with Crippen LogP contribution in [0.3, 0.4) is 0 Å². The minimum absolute atomic E-state index is 0.163. The Morgan fingerprint density at radius 1 is 1.21 bits per heavy atom. The maximum absolute atomic E-state index is 10.7. The Hall–Kier alpha value is -0.650. The van der Waals surface area contributed by atoms with Crippen LogP contribution in [0, 0.1) is 0 Å². The highest BCUT2D eigenvalue weighted by molar-refractivity contribution is 5.73. The van der Waals surface area contributed by atoms with Crippen molar-refractivity contribution >= 4 is 5.97 Å². The van der Waals surface area contributed by atoms with Crippen molar-refractivity contribution in [1.29, 1.82) is 0 Å². The molecule has 0 radical (unpaired) electrons. The van der Waals surface area contributed by atoms with Crippen molar-refractivity contribution in [3.05, 3.63) is 0 Å². The van der Waals surface area contributed by atoms with Crippen molar-refractivity contribution in [2.45, 2.75) is 20.0 Å². The van der Waals surface area contributed by atoms with Gasteiger partial charge in [-0.2, -0.15) is 0 Å². The summed E-state index contributed by atoms with van der Waals surface area (Å²) in [6.45, 7) is 5.45. The Morgan fingerprint density at radius 3 is 2.36 bits per heavy atom. The monoisotopic (exact) mass is 206 g/mol. The lowest BCUT2D eigenvalue weighted by molar-refractivity contribution is -0.154. The van der Waals surface area contributed by atoms with Crippen LogP contribution in [0.25, 0.3) is 0 Å². The SMILES string of the molecule is CCOCCOCCOC(=O)[C@H](C)O. The second-order valence-electron chi connectivity index (χ2n) is 2.65. The molecule has 0 aliphatic carbocycles. The summed E-state index contributed by atoms with van der Waals surface area (Å²) in [6, 6.07) is 0. The van der Waals surface area contributed by atoms with Crippen molar-refractivity contribution in [2.24, 2.45) is 0 Å². The number of ether oxygens (including phenoxy) is 3. The molecular weight excluding hydrogens is 188 g/mol. The molecule has 0 saturated carbocycles. The fourth-order valence-electron chi connectivity index (χ4n) is 0.686. The molecule has 0 bridgehead atoms. The van der Waals surface area contributed by atoms with Crippen LogP contribution in [0.5, 0.6) is 0 Å². The van der Waals surface area contributed by atoms with E-state index in [0.29, 0.717) is 26.4 Å². The van der Waals surface area contributed by atoms with Crippen LogP contribution in [-0.4, -0.2) is 50.2 Å². The molecule has 0 rings (SSSR count). The molecule has 5 nitrogen and oxygen atoms in total. The molecule has 0 heterocycles. The number of carbonyl (C=O) groups excluding carboxylic acids is 1. The van der Waals surface area contributed by atoms with Gasteiger partial charge in [-0.25, -0.2) is 4.79 Å². The standard InChI is InChI=1S/C9H18O5/c1-3-12-4-5-13-6-7-14-9(11)8(2)10/h8,10H,3-7H2,1-2H3/t8-/m0/s1. The summed E-state index contributed by atoms with van der Waals surface area (Å²) in [6.07, 6.45) is -1.07. The van der Waals surface area contributed by atoms with Gasteiger partial charge < -0.3 is 19.3 Å². The molecule has 0 aliphatic rings. The summed E-state index contributed by atoms with van der Waals surface area (Å²) in [4.78, 5) is 10.7. The molecule has 0 aromatic rings. The fourth-order valence-corrected chi connectivity index (χ4v) is 0.686. The lowest BCUT2D eigenvalue weighted by atomic mass is 10.4. The summed E-state index contributed by atoms with van der Waals surface area (Å²) >= 11 is 0. The predicted octanol–water partition coefficient (Wildman–Crippen LogP) is -0.0365. The predicted molar refractivity (Wildman–Crippen MR) is 50.0 cm³/mol. The first kappa shape index (κ1) is 13.4. The van der Waals surface area contributed by atoms with Gasteiger partial charge in [0.2, 0.25) is 0 Å². The highest BCUT2D eigenvalue weighted by Crippen LogP contribution is 1.87. The number of rotatable bonds is 8. The quantitative estimate of drug-likeness (QED) is 0.446. The average molecular weight is 206 g/mol. The zero-order chi connectivity index (χ0) is 10.8. The normalized spacial score (nSPS) is 12.5. The van der Waals surface area contributed by atoms with E-state index in [1.165, 1.54) is 6.92 Å². The van der Waals surface area contributed by atoms with Crippen LogP contribution in [0.1, 0.15) is 13.8 Å². The third-order valence-electron chi connectivity index (χ3n) is 1.39. The van der Waals surface area contributed by atoms with E-state index in [9.17, 15) is 4.79 Å². The Labute approximate surface area is 84.0 Å². The Kier molecular flexibility index (Phi) is 8.51. The molecule has 0 fully saturated rings. The molecule has 0 spiro atoms. The van der Waals surface area contributed by atoms with E-state index in [2.05, 4.69) is 4.74 Å². The second-order valence-corrected chi connectivity index (χ2v) is 2.65. The van der Waals surface area contributed by atoms with Gasteiger partial charge in [0.25, 0.3) is 0 Å². The first-order chi connectivity index (χ1) is 6.68. The molecular formula is C9H18O5. The smallest absolute Gasteiger partial charge is 0.334 e. The maximum atomic E-state index is 10.7. The van der Waals surface area contributed by atoms with Crippen LogP contribution >= 0.6 is 0 Å². The highest BCUT2D eigenvalue weighted by atomic mass is 16.6. The van der Waals surface area contributed by atoms with Crippen LogP contribution in [0.4, 0.5) is 0 Å². The van der Waals surface area contributed by atoms with Crippen molar-refractivity contribution in [1.82, 2.24) is 0 Å². The molecule has 14 heavy (non-hydrogen) atoms. The molecule has 5 heteroatoms. The van der Waals surface area contributed by atoms with Gasteiger partial charge >= 0.3 is 5.97 Å². The molecule has 1 atom stereocenters. The lowest BCUT2D eigenvalue weighted by Crippen LogP contribution is -2.21. The van der Waals surface area contributed by atoms with Crippen molar-refractivity contribution in [2.75, 3.05) is 33.0 Å². The summed E-state index contributed by atoms with van der Waals surface area (Å²) in [5.74, 6) is -0.626. The molecule has 0 saturated heterocycles. The largest absolute Gasteiger partial charge is 0.461 e. The molecule has 1 N–H and O–H groups in total. The van der Waals surface area contributed by atoms with Gasteiger partial charge in [-0.05, 0) is 13.8 Å². The summed E-state index contributed by atoms with van der Waals surface area (Å²) in [7, 11) is 0. The second kappa shape index (κ2) is 8.93. The summed E-state index contributed by atoms with van der Waals surface area (Å²) < 4.78 is 14.8. The zero-order valence-corrected chi connectivity index (χ0v) is 8.69. The lowest BCUT2D eigenvalue weighted by Gasteiger charge is -2.07. The number of aliphatic hydroxyl groups excluding tert-OH is 1. The number of aliphatic hydroxyl groups is 1. The van der Waals surface area contributed by atoms with Crippen molar-refractivity contribution in [3.63, 3.8) is 0 Å². The van der Waals surface area contributed by atoms with Crippen molar-refractivity contribution in [3.8, 4) is 0 Å². The van der Waals surface area contributed by atoms with Crippen molar-refractivity contribution < 1.29 is 24.1 Å². The van der Waals surface area contributed by atoms with Crippen LogP contribution in [0.15, 0.2) is 0 Å². The maximum Gasteiger partial charge on any atom is 0.334 e. The van der Waals surface area contributed by atoms with Gasteiger partial charge in [0.1, 0.15) is 12.7 Å². The first-order valence-corrected chi connectivity index (χ1v) is 4.68. The van der Waals surface area contributed by atoms with Gasteiger partial charge in [0, 0.05) is 6.61 Å². The van der Waals surface area contributed by atoms with E-state index in [1.807, 2.05) is 6.92 Å². The van der Waals surface area contributed by atoms with E-state index in [1.54, 1.807) is 0 Å². The Balaban J connectivity index is 3.10. The summed E-state index contributed by atoms with van der Waals surface area (Å²) in [5, 5.41) is 8.76. The van der Waals surface area contributed by atoms with Gasteiger partial charge in [0.05, 0.1) is 19.8 Å². The van der Waals surface area contributed by atoms with Crippen LogP contribution in [-0.2, 0) is 19.0 Å². The molecule has 0 aromatic heterocycles. The van der Waals surface area contributed by atoms with E-state index in [4.69, 9.17) is 14.6 Å². The van der Waals surface area contributed by atoms with Gasteiger partial charge in [-0.15, -0.1) is 0 Å². The molecule has 0 aliphatic heterocycles. The van der Waals surface area contributed by atoms with E-state index in [-0.39, 0.29) is 6.61 Å². The Morgan fingerprint density at radius 2 is 1.79 bits per heavy atom. The van der Waals surface area contributed by atoms with E-state index < -0.39 is 12.1 Å². The number of hydrogen-bond donors (Lipinski definition) is 1. The van der Waals surface area contributed by atoms with Crippen LogP contribution in [0.2, 0.25) is 0 Å². The highest BCUT2D eigenvalue weighted by Gasteiger charge is 2.08. The average Bonchev–Trinajstić information content (AvgIpc) is 2.16. The van der Waals surface area contributed by atoms with Gasteiger partial charge in [-0.1, -0.05) is 0 Å². The summed E-state index contributed by atoms with van der Waals surface area (Å²) in [5.41, 5.74) is 0. The minimum Gasteiger partial charge on any atom is -0.461 e. The van der Waals surface area contributed by atoms with E-state index in [0.717, 1.165) is 0 Å². The molecule has 0 aromatic carbocycles. The fraction of sp³-hybridized carbons (Fsp3) is 0.889. The molecule has 84 valence electrons. The topological polar surface area (TPSA) is 65.0 Å². The number of carbonyl (C=O) groups is 1. The minimum atomic E-state index is -1.07. The van der Waals surface area contributed by atoms with E-state index >= 15 is 0 Å². The number of hydrogen-bond acceptors (Lipinski definition) is 5. The third kappa shape index (κ3) is 7.97. The first-order valence-electron chi connectivity index (χ1n) is 4.68. The third-order valence-corrected chi connectivity index (χ3v) is 1.39. The van der Waals surface area contributed by atoms with Gasteiger partial charge in [0.15, 0.2) is 0 Å². The van der Waals surface area contributed by atoms with Crippen LogP contribution < -0.4 is 0 Å². The Bertz CT molecular complexity index is 146. The number of esters is 1. The molecule has 0 unspecified atom stereocenters. The molecule has 0 amide bonds. The van der Waals surface area contributed by atoms with Gasteiger partial charge in [-0.3, -0.25) is 0 Å².